The Morgan fingerprint density at radius 1 is 1.25 bits per heavy atom. The van der Waals surface area contributed by atoms with Crippen LogP contribution in [0.5, 0.6) is 0 Å². The predicted molar refractivity (Wildman–Crippen MR) is 123 cm³/mol. The molecule has 0 spiro atoms. The molecule has 164 valence electrons. The van der Waals surface area contributed by atoms with E-state index >= 15 is 0 Å². The summed E-state index contributed by atoms with van der Waals surface area (Å²) < 4.78 is 4.81. The molecule has 2 aromatic carbocycles. The van der Waals surface area contributed by atoms with Crippen molar-refractivity contribution in [1.29, 1.82) is 5.26 Å². The van der Waals surface area contributed by atoms with E-state index in [0.717, 1.165) is 17.3 Å². The topological polar surface area (TPSA) is 108 Å². The first-order valence-corrected chi connectivity index (χ1v) is 11.0. The van der Waals surface area contributed by atoms with Gasteiger partial charge in [-0.05, 0) is 42.3 Å². The highest BCUT2D eigenvalue weighted by molar-refractivity contribution is 8.03. The monoisotopic (exact) mass is 469 g/mol. The van der Waals surface area contributed by atoms with E-state index in [1.807, 2.05) is 25.1 Å². The first-order chi connectivity index (χ1) is 15.3. The Hall–Kier alpha value is -3.28. The first-order valence-electron chi connectivity index (χ1n) is 9.61. The van der Waals surface area contributed by atoms with Crippen LogP contribution >= 0.6 is 23.4 Å². The van der Waals surface area contributed by atoms with Crippen molar-refractivity contribution in [2.24, 2.45) is 5.92 Å². The quantitative estimate of drug-likeness (QED) is 0.492. The first kappa shape index (κ1) is 23.4. The number of aryl methyl sites for hydroxylation is 1. The molecule has 0 saturated carbocycles. The molecule has 2 aromatic rings. The predicted octanol–water partition coefficient (Wildman–Crippen LogP) is 3.76. The van der Waals surface area contributed by atoms with Gasteiger partial charge in [-0.2, -0.15) is 5.26 Å². The van der Waals surface area contributed by atoms with Gasteiger partial charge in [-0.1, -0.05) is 47.6 Å². The Morgan fingerprint density at radius 3 is 2.59 bits per heavy atom. The van der Waals surface area contributed by atoms with Crippen molar-refractivity contribution in [3.8, 4) is 6.07 Å². The number of halogens is 1. The van der Waals surface area contributed by atoms with Gasteiger partial charge in [0.25, 0.3) is 0 Å². The highest BCUT2D eigenvalue weighted by Gasteiger charge is 2.44. The van der Waals surface area contributed by atoms with Crippen molar-refractivity contribution in [2.75, 3.05) is 18.2 Å². The van der Waals surface area contributed by atoms with Gasteiger partial charge in [0.05, 0.1) is 29.5 Å². The second kappa shape index (κ2) is 10.4. The standard InChI is InChI=1S/C23H20ClN3O4S/c1-13-4-3-5-16(10-13)26-18(28)12-32-22-17(11-25)19(14-6-8-15(24)9-7-14)20(21(29)27-22)23(30)31-2/h3-10,19-20H,12H2,1-2H3,(H,26,28)(H,27,29)/t19-,20+/m0/s1. The summed E-state index contributed by atoms with van der Waals surface area (Å²) >= 11 is 6.99. The molecule has 7 nitrogen and oxygen atoms in total. The van der Waals surface area contributed by atoms with Crippen LogP contribution in [0.1, 0.15) is 17.0 Å². The lowest BCUT2D eigenvalue weighted by Gasteiger charge is -2.30. The summed E-state index contributed by atoms with van der Waals surface area (Å²) in [6, 6.07) is 16.0. The summed E-state index contributed by atoms with van der Waals surface area (Å²) in [5, 5.41) is 16.0. The molecule has 1 heterocycles. The lowest BCUT2D eigenvalue weighted by molar-refractivity contribution is -0.150. The molecule has 2 N–H and O–H groups in total. The van der Waals surface area contributed by atoms with Crippen molar-refractivity contribution in [3.63, 3.8) is 0 Å². The maximum Gasteiger partial charge on any atom is 0.319 e. The van der Waals surface area contributed by atoms with Gasteiger partial charge in [0.1, 0.15) is 5.92 Å². The summed E-state index contributed by atoms with van der Waals surface area (Å²) in [5.41, 5.74) is 2.40. The van der Waals surface area contributed by atoms with Crippen LogP contribution in [0.15, 0.2) is 59.1 Å². The third-order valence-electron chi connectivity index (χ3n) is 4.86. The fraction of sp³-hybridized carbons (Fsp3) is 0.217. The van der Waals surface area contributed by atoms with Crippen LogP contribution in [-0.4, -0.2) is 30.6 Å². The zero-order valence-electron chi connectivity index (χ0n) is 17.3. The van der Waals surface area contributed by atoms with Gasteiger partial charge >= 0.3 is 5.97 Å². The maximum absolute atomic E-state index is 12.8. The highest BCUT2D eigenvalue weighted by atomic mass is 35.5. The summed E-state index contributed by atoms with van der Waals surface area (Å²) in [5.74, 6) is -3.78. The number of ether oxygens (including phenoxy) is 1. The van der Waals surface area contributed by atoms with Crippen LogP contribution in [0.2, 0.25) is 5.02 Å². The van der Waals surface area contributed by atoms with Gasteiger partial charge in [0.15, 0.2) is 0 Å². The molecule has 1 aliphatic heterocycles. The molecule has 3 rings (SSSR count). The molecular weight excluding hydrogens is 450 g/mol. The SMILES string of the molecule is COC(=O)[C@H]1C(=O)NC(SCC(=O)Nc2cccc(C)c2)=C(C#N)[C@@H]1c1ccc(Cl)cc1. The number of carbonyl (C=O) groups excluding carboxylic acids is 3. The van der Waals surface area contributed by atoms with Crippen molar-refractivity contribution in [3.05, 3.63) is 75.3 Å². The second-order valence-electron chi connectivity index (χ2n) is 7.08. The molecule has 0 radical (unpaired) electrons. The number of anilines is 1. The molecule has 2 amide bonds. The molecular formula is C23H20ClN3O4S. The van der Waals surface area contributed by atoms with Gasteiger partial charge in [0, 0.05) is 16.6 Å². The van der Waals surface area contributed by atoms with Crippen LogP contribution < -0.4 is 10.6 Å². The number of carbonyl (C=O) groups is 3. The molecule has 32 heavy (non-hydrogen) atoms. The Morgan fingerprint density at radius 2 is 1.97 bits per heavy atom. The fourth-order valence-corrected chi connectivity index (χ4v) is 4.38. The van der Waals surface area contributed by atoms with Crippen LogP contribution in [0, 0.1) is 24.2 Å². The number of hydrogen-bond donors (Lipinski definition) is 2. The highest BCUT2D eigenvalue weighted by Crippen LogP contribution is 2.40. The molecule has 0 aromatic heterocycles. The molecule has 2 atom stereocenters. The summed E-state index contributed by atoms with van der Waals surface area (Å²) in [6.07, 6.45) is 0. The number of nitrogens with one attached hydrogen (secondary N) is 2. The van der Waals surface area contributed by atoms with Crippen LogP contribution in [0.25, 0.3) is 0 Å². The minimum Gasteiger partial charge on any atom is -0.468 e. The number of nitriles is 1. The number of hydrogen-bond acceptors (Lipinski definition) is 6. The van der Waals surface area contributed by atoms with Crippen LogP contribution in [0.3, 0.4) is 0 Å². The van der Waals surface area contributed by atoms with Crippen molar-refractivity contribution in [1.82, 2.24) is 5.32 Å². The van der Waals surface area contributed by atoms with E-state index in [1.54, 1.807) is 30.3 Å². The average Bonchev–Trinajstić information content (AvgIpc) is 2.77. The number of amides is 2. The van der Waals surface area contributed by atoms with Crippen LogP contribution in [-0.2, 0) is 19.1 Å². The summed E-state index contributed by atoms with van der Waals surface area (Å²) in [4.78, 5) is 37.6. The van der Waals surface area contributed by atoms with E-state index in [2.05, 4.69) is 16.7 Å². The lowest BCUT2D eigenvalue weighted by Crippen LogP contribution is -2.44. The molecule has 0 bridgehead atoms. The molecule has 9 heteroatoms. The normalized spacial score (nSPS) is 17.9. The Balaban J connectivity index is 1.88. The number of nitrogens with zero attached hydrogens (tertiary/aromatic N) is 1. The van der Waals surface area contributed by atoms with Crippen molar-refractivity contribution < 1.29 is 19.1 Å². The third kappa shape index (κ3) is 5.31. The smallest absolute Gasteiger partial charge is 0.319 e. The molecule has 0 fully saturated rings. The summed E-state index contributed by atoms with van der Waals surface area (Å²) in [6.45, 7) is 1.92. The van der Waals surface area contributed by atoms with E-state index in [1.165, 1.54) is 7.11 Å². The van der Waals surface area contributed by atoms with Gasteiger partial charge in [-0.3, -0.25) is 14.4 Å². The van der Waals surface area contributed by atoms with Gasteiger partial charge in [-0.15, -0.1) is 0 Å². The third-order valence-corrected chi connectivity index (χ3v) is 6.13. The minimum absolute atomic E-state index is 0.0367. The Kier molecular flexibility index (Phi) is 7.57. The summed E-state index contributed by atoms with van der Waals surface area (Å²) in [7, 11) is 1.18. The van der Waals surface area contributed by atoms with Gasteiger partial charge < -0.3 is 15.4 Å². The van der Waals surface area contributed by atoms with E-state index in [-0.39, 0.29) is 22.3 Å². The zero-order chi connectivity index (χ0) is 23.3. The van der Waals surface area contributed by atoms with Gasteiger partial charge in [-0.25, -0.2) is 0 Å². The second-order valence-corrected chi connectivity index (χ2v) is 8.50. The fourth-order valence-electron chi connectivity index (χ4n) is 3.41. The molecule has 1 aliphatic rings. The van der Waals surface area contributed by atoms with Gasteiger partial charge in [0.2, 0.25) is 11.8 Å². The minimum atomic E-state index is -1.23. The largest absolute Gasteiger partial charge is 0.468 e. The van der Waals surface area contributed by atoms with Crippen LogP contribution in [0.4, 0.5) is 5.69 Å². The number of allylic oxidation sites excluding steroid dienone is 1. The van der Waals surface area contributed by atoms with E-state index in [9.17, 15) is 19.6 Å². The zero-order valence-corrected chi connectivity index (χ0v) is 18.9. The number of methoxy groups -OCH3 is 1. The Bertz CT molecular complexity index is 1120. The molecule has 0 aliphatic carbocycles. The average molecular weight is 470 g/mol. The number of thioether (sulfide) groups is 1. The van der Waals surface area contributed by atoms with E-state index in [4.69, 9.17) is 16.3 Å². The van der Waals surface area contributed by atoms with E-state index < -0.39 is 23.7 Å². The Labute approximate surface area is 194 Å². The van der Waals surface area contributed by atoms with E-state index in [0.29, 0.717) is 16.3 Å². The lowest BCUT2D eigenvalue weighted by atomic mass is 9.78. The molecule has 0 saturated heterocycles. The number of rotatable bonds is 6. The maximum atomic E-state index is 12.8. The van der Waals surface area contributed by atoms with Crippen molar-refractivity contribution >= 4 is 46.8 Å². The van der Waals surface area contributed by atoms with Crippen molar-refractivity contribution in [2.45, 2.75) is 12.8 Å². The molecule has 0 unspecified atom stereocenters. The number of esters is 1. The number of benzene rings is 2.